The van der Waals surface area contributed by atoms with Gasteiger partial charge in [-0.3, -0.25) is 0 Å². The van der Waals surface area contributed by atoms with Crippen molar-refractivity contribution >= 4 is 16.5 Å². The van der Waals surface area contributed by atoms with Gasteiger partial charge in [0.25, 0.3) is 0 Å². The molecule has 1 N–H and O–H groups in total. The van der Waals surface area contributed by atoms with Crippen LogP contribution in [-0.4, -0.2) is 10.5 Å². The van der Waals surface area contributed by atoms with E-state index < -0.39 is 0 Å². The number of hydrogen-bond donors (Lipinski definition) is 1. The molecule has 0 spiro atoms. The van der Waals surface area contributed by atoms with Crippen LogP contribution in [0.2, 0.25) is 0 Å². The monoisotopic (exact) mass is 224 g/mol. The Morgan fingerprint density at radius 3 is 2.60 bits per heavy atom. The minimum atomic E-state index is 0.122. The van der Waals surface area contributed by atoms with Gasteiger partial charge in [-0.05, 0) is 46.5 Å². The minimum Gasteiger partial charge on any atom is -0.357 e. The lowest BCUT2D eigenvalue weighted by Gasteiger charge is -2.19. The van der Waals surface area contributed by atoms with Crippen molar-refractivity contribution in [1.29, 1.82) is 0 Å². The zero-order valence-electron chi connectivity index (χ0n) is 9.89. The summed E-state index contributed by atoms with van der Waals surface area (Å²) in [5.74, 6) is 0. The maximum absolute atomic E-state index is 4.70. The van der Waals surface area contributed by atoms with Gasteiger partial charge in [0, 0.05) is 10.4 Å². The van der Waals surface area contributed by atoms with Gasteiger partial charge in [0.1, 0.15) is 0 Å². The fourth-order valence-electron chi connectivity index (χ4n) is 1.90. The Kier molecular flexibility index (Phi) is 3.01. The number of rotatable bonds is 1. The first-order chi connectivity index (χ1) is 7.04. The number of aromatic nitrogens is 1. The molecule has 2 nitrogen and oxygen atoms in total. The van der Waals surface area contributed by atoms with Crippen molar-refractivity contribution in [2.75, 3.05) is 5.32 Å². The molecule has 0 aromatic carbocycles. The van der Waals surface area contributed by atoms with E-state index in [1.165, 1.54) is 42.7 Å². The molecule has 0 radical (unpaired) electrons. The van der Waals surface area contributed by atoms with Crippen LogP contribution in [0.5, 0.6) is 0 Å². The second kappa shape index (κ2) is 4.12. The Bertz CT molecular complexity index is 312. The van der Waals surface area contributed by atoms with Crippen LogP contribution in [0.3, 0.4) is 0 Å². The third-order valence-corrected chi connectivity index (χ3v) is 3.65. The van der Waals surface area contributed by atoms with Crippen molar-refractivity contribution < 1.29 is 0 Å². The van der Waals surface area contributed by atoms with Crippen molar-refractivity contribution in [3.8, 4) is 0 Å². The predicted octanol–water partition coefficient (Wildman–Crippen LogP) is 3.62. The molecule has 15 heavy (non-hydrogen) atoms. The number of nitrogens with one attached hydrogen (secondary N) is 1. The molecule has 0 amide bonds. The average molecular weight is 224 g/mol. The third kappa shape index (κ3) is 2.94. The number of hydrogen-bond acceptors (Lipinski definition) is 3. The number of aryl methyl sites for hydroxylation is 2. The van der Waals surface area contributed by atoms with Crippen LogP contribution in [0.4, 0.5) is 5.13 Å². The van der Waals surface area contributed by atoms with Gasteiger partial charge in [-0.15, -0.1) is 11.3 Å². The van der Waals surface area contributed by atoms with Crippen LogP contribution < -0.4 is 5.32 Å². The molecule has 1 aliphatic rings. The molecular formula is C12H20N2S. The maximum Gasteiger partial charge on any atom is 0.183 e. The van der Waals surface area contributed by atoms with Gasteiger partial charge >= 0.3 is 0 Å². The van der Waals surface area contributed by atoms with Gasteiger partial charge in [-0.1, -0.05) is 6.42 Å². The second-order valence-corrected chi connectivity index (χ2v) is 6.41. The fourth-order valence-corrected chi connectivity index (χ4v) is 3.16. The standard InChI is InChI=1S/C12H20N2S/c1-12(2,3)14-11-13-9-7-5-4-6-8-10(9)15-11/h4-8H2,1-3H3,(H,13,14). The van der Waals surface area contributed by atoms with Crippen molar-refractivity contribution in [3.05, 3.63) is 10.6 Å². The van der Waals surface area contributed by atoms with E-state index in [1.807, 2.05) is 11.3 Å². The normalized spacial score (nSPS) is 17.0. The van der Waals surface area contributed by atoms with Crippen LogP contribution in [0.25, 0.3) is 0 Å². The van der Waals surface area contributed by atoms with Gasteiger partial charge in [0.2, 0.25) is 0 Å². The first-order valence-corrected chi connectivity index (χ1v) is 6.63. The lowest BCUT2D eigenvalue weighted by molar-refractivity contribution is 0.632. The zero-order valence-corrected chi connectivity index (χ0v) is 10.7. The van der Waals surface area contributed by atoms with Crippen LogP contribution in [-0.2, 0) is 12.8 Å². The van der Waals surface area contributed by atoms with Crippen LogP contribution in [0.15, 0.2) is 0 Å². The summed E-state index contributed by atoms with van der Waals surface area (Å²) >= 11 is 1.85. The first kappa shape index (κ1) is 10.9. The predicted molar refractivity (Wildman–Crippen MR) is 66.7 cm³/mol. The molecule has 2 rings (SSSR count). The molecule has 1 aliphatic carbocycles. The van der Waals surface area contributed by atoms with Gasteiger partial charge in [-0.25, -0.2) is 4.98 Å². The van der Waals surface area contributed by atoms with Crippen LogP contribution in [0, 0.1) is 0 Å². The van der Waals surface area contributed by atoms with E-state index in [2.05, 4.69) is 26.1 Å². The Hall–Kier alpha value is -0.570. The van der Waals surface area contributed by atoms with Crippen molar-refractivity contribution in [1.82, 2.24) is 4.98 Å². The summed E-state index contributed by atoms with van der Waals surface area (Å²) in [6, 6.07) is 0. The molecule has 0 unspecified atom stereocenters. The van der Waals surface area contributed by atoms with E-state index in [1.54, 1.807) is 0 Å². The molecule has 0 saturated heterocycles. The highest BCUT2D eigenvalue weighted by Gasteiger charge is 2.17. The quantitative estimate of drug-likeness (QED) is 0.737. The number of thiazole rings is 1. The topological polar surface area (TPSA) is 24.9 Å². The van der Waals surface area contributed by atoms with E-state index in [9.17, 15) is 0 Å². The maximum atomic E-state index is 4.70. The number of anilines is 1. The third-order valence-electron chi connectivity index (χ3n) is 2.58. The summed E-state index contributed by atoms with van der Waals surface area (Å²) in [4.78, 5) is 6.22. The minimum absolute atomic E-state index is 0.122. The lowest BCUT2D eigenvalue weighted by Crippen LogP contribution is -2.25. The lowest BCUT2D eigenvalue weighted by atomic mass is 10.1. The highest BCUT2D eigenvalue weighted by Crippen LogP contribution is 2.30. The Labute approximate surface area is 96.1 Å². The summed E-state index contributed by atoms with van der Waals surface area (Å²) in [6.45, 7) is 6.54. The summed E-state index contributed by atoms with van der Waals surface area (Å²) in [7, 11) is 0. The molecule has 84 valence electrons. The van der Waals surface area contributed by atoms with Crippen molar-refractivity contribution in [2.24, 2.45) is 0 Å². The average Bonchev–Trinajstić information content (AvgIpc) is 2.32. The molecule has 1 heterocycles. The smallest absolute Gasteiger partial charge is 0.183 e. The van der Waals surface area contributed by atoms with Gasteiger partial charge < -0.3 is 5.32 Å². The zero-order chi connectivity index (χ0) is 10.9. The summed E-state index contributed by atoms with van der Waals surface area (Å²) in [5, 5.41) is 4.57. The number of fused-ring (bicyclic) bond motifs is 1. The molecule has 0 atom stereocenters. The van der Waals surface area contributed by atoms with Crippen LogP contribution >= 0.6 is 11.3 Å². The van der Waals surface area contributed by atoms with E-state index in [-0.39, 0.29) is 5.54 Å². The van der Waals surface area contributed by atoms with Gasteiger partial charge in [-0.2, -0.15) is 0 Å². The Balaban J connectivity index is 2.15. The molecule has 1 aromatic rings. The summed E-state index contributed by atoms with van der Waals surface area (Å²) in [5.41, 5.74) is 1.47. The summed E-state index contributed by atoms with van der Waals surface area (Å²) < 4.78 is 0. The molecule has 3 heteroatoms. The molecule has 0 fully saturated rings. The van der Waals surface area contributed by atoms with Gasteiger partial charge in [0.05, 0.1) is 5.69 Å². The first-order valence-electron chi connectivity index (χ1n) is 5.81. The molecule has 0 bridgehead atoms. The fraction of sp³-hybridized carbons (Fsp3) is 0.750. The highest BCUT2D eigenvalue weighted by molar-refractivity contribution is 7.15. The highest BCUT2D eigenvalue weighted by atomic mass is 32.1. The molecular weight excluding hydrogens is 204 g/mol. The van der Waals surface area contributed by atoms with Crippen molar-refractivity contribution in [2.45, 2.75) is 58.4 Å². The summed E-state index contributed by atoms with van der Waals surface area (Å²) in [6.07, 6.45) is 6.43. The van der Waals surface area contributed by atoms with E-state index in [0.717, 1.165) is 5.13 Å². The number of nitrogens with zero attached hydrogens (tertiary/aromatic N) is 1. The van der Waals surface area contributed by atoms with Crippen LogP contribution in [0.1, 0.15) is 50.6 Å². The SMILES string of the molecule is CC(C)(C)Nc1nc2c(s1)CCCCC2. The Morgan fingerprint density at radius 2 is 1.87 bits per heavy atom. The van der Waals surface area contributed by atoms with E-state index >= 15 is 0 Å². The van der Waals surface area contributed by atoms with Gasteiger partial charge in [0.15, 0.2) is 5.13 Å². The van der Waals surface area contributed by atoms with Crippen molar-refractivity contribution in [3.63, 3.8) is 0 Å². The second-order valence-electron chi connectivity index (χ2n) is 5.32. The molecule has 0 aliphatic heterocycles. The largest absolute Gasteiger partial charge is 0.357 e. The van der Waals surface area contributed by atoms with E-state index in [0.29, 0.717) is 0 Å². The van der Waals surface area contributed by atoms with E-state index in [4.69, 9.17) is 4.98 Å². The molecule has 0 saturated carbocycles. The molecule has 1 aromatic heterocycles. The Morgan fingerprint density at radius 1 is 1.13 bits per heavy atom.